The van der Waals surface area contributed by atoms with Gasteiger partial charge in [0.15, 0.2) is 12.6 Å². The highest BCUT2D eigenvalue weighted by Gasteiger charge is 2.10. The summed E-state index contributed by atoms with van der Waals surface area (Å²) in [4.78, 5) is 31.1. The van der Waals surface area contributed by atoms with E-state index in [0.717, 1.165) is 47.5 Å². The van der Waals surface area contributed by atoms with Crippen molar-refractivity contribution >= 4 is 34.6 Å². The van der Waals surface area contributed by atoms with Crippen LogP contribution < -0.4 is 9.47 Å². The van der Waals surface area contributed by atoms with Crippen LogP contribution in [0.3, 0.4) is 0 Å². The van der Waals surface area contributed by atoms with Crippen molar-refractivity contribution in [3.63, 3.8) is 0 Å². The van der Waals surface area contributed by atoms with Crippen molar-refractivity contribution in [3.8, 4) is 11.5 Å². The molecule has 8 heteroatoms. The highest BCUT2D eigenvalue weighted by molar-refractivity contribution is 5.97. The monoisotopic (exact) mass is 406 g/mol. The minimum Gasteiger partial charge on any atom is -0.492 e. The Morgan fingerprint density at radius 1 is 0.800 bits per heavy atom. The molecule has 0 fully saturated rings. The molecule has 154 valence electrons. The minimum atomic E-state index is 0.519. The first-order valence-electron chi connectivity index (χ1n) is 9.67. The first-order chi connectivity index (χ1) is 14.6. The van der Waals surface area contributed by atoms with Gasteiger partial charge in [-0.1, -0.05) is 0 Å². The van der Waals surface area contributed by atoms with E-state index in [2.05, 4.69) is 9.97 Å². The normalized spacial score (nSPS) is 11.1. The van der Waals surface area contributed by atoms with E-state index in [0.29, 0.717) is 35.8 Å². The average Bonchev–Trinajstić information content (AvgIpc) is 3.26. The zero-order valence-electron chi connectivity index (χ0n) is 16.9. The second-order valence-electron chi connectivity index (χ2n) is 7.11. The van der Waals surface area contributed by atoms with Crippen LogP contribution in [-0.4, -0.2) is 44.9 Å². The molecule has 30 heavy (non-hydrogen) atoms. The van der Waals surface area contributed by atoms with Crippen LogP contribution in [0.2, 0.25) is 0 Å². The number of pyridine rings is 2. The van der Waals surface area contributed by atoms with E-state index < -0.39 is 0 Å². The van der Waals surface area contributed by atoms with E-state index >= 15 is 0 Å². The number of rotatable bonds is 9. The van der Waals surface area contributed by atoms with Crippen LogP contribution in [0.5, 0.6) is 11.5 Å². The molecule has 0 aliphatic rings. The van der Waals surface area contributed by atoms with Gasteiger partial charge >= 0.3 is 0 Å². The van der Waals surface area contributed by atoms with Crippen LogP contribution in [0.4, 0.5) is 0 Å². The molecule has 0 aliphatic carbocycles. The number of aryl methyl sites for hydroxylation is 2. The van der Waals surface area contributed by atoms with E-state index in [1.807, 2.05) is 35.4 Å². The molecule has 0 atom stereocenters. The van der Waals surface area contributed by atoms with E-state index in [1.165, 1.54) is 0 Å². The largest absolute Gasteiger partial charge is 0.492 e. The maximum atomic E-state index is 11.2. The van der Waals surface area contributed by atoms with Gasteiger partial charge in [-0.25, -0.2) is 9.97 Å². The lowest BCUT2D eigenvalue weighted by Gasteiger charge is -2.08. The van der Waals surface area contributed by atoms with E-state index in [4.69, 9.17) is 9.47 Å². The summed E-state index contributed by atoms with van der Waals surface area (Å²) in [5.41, 5.74) is 2.69. The number of unbranched alkanes of at least 4 members (excludes halogenated alkanes) is 1. The van der Waals surface area contributed by atoms with Gasteiger partial charge in [-0.2, -0.15) is 0 Å². The van der Waals surface area contributed by atoms with Crippen molar-refractivity contribution in [2.75, 3.05) is 13.2 Å². The van der Waals surface area contributed by atoms with Crippen molar-refractivity contribution in [2.24, 2.45) is 14.1 Å². The Balaban J connectivity index is 1.28. The molecule has 4 aromatic rings. The predicted octanol–water partition coefficient (Wildman–Crippen LogP) is 3.32. The summed E-state index contributed by atoms with van der Waals surface area (Å²) >= 11 is 0. The van der Waals surface area contributed by atoms with Gasteiger partial charge in [-0.3, -0.25) is 9.59 Å². The first-order valence-corrected chi connectivity index (χ1v) is 9.67. The van der Waals surface area contributed by atoms with Gasteiger partial charge in [0.1, 0.15) is 22.8 Å². The van der Waals surface area contributed by atoms with Crippen LogP contribution in [0, 0.1) is 0 Å². The Morgan fingerprint density at radius 3 is 1.63 bits per heavy atom. The van der Waals surface area contributed by atoms with Crippen molar-refractivity contribution in [2.45, 2.75) is 12.8 Å². The molecule has 0 unspecified atom stereocenters. The van der Waals surface area contributed by atoms with Gasteiger partial charge in [0, 0.05) is 48.4 Å². The lowest BCUT2D eigenvalue weighted by atomic mass is 10.2. The molecule has 0 aromatic carbocycles. The fourth-order valence-corrected chi connectivity index (χ4v) is 3.47. The molecule has 0 N–H and O–H groups in total. The highest BCUT2D eigenvalue weighted by Crippen LogP contribution is 2.23. The quantitative estimate of drug-likeness (QED) is 0.313. The number of nitrogens with zero attached hydrogens (tertiary/aromatic N) is 4. The zero-order valence-corrected chi connectivity index (χ0v) is 16.9. The fourth-order valence-electron chi connectivity index (χ4n) is 3.47. The van der Waals surface area contributed by atoms with Crippen LogP contribution in [0.25, 0.3) is 22.1 Å². The fraction of sp³-hybridized carbons (Fsp3) is 0.273. The maximum absolute atomic E-state index is 11.2. The molecule has 4 aromatic heterocycles. The summed E-state index contributed by atoms with van der Waals surface area (Å²) in [6, 6.07) is 3.68. The number of hydrogen-bond acceptors (Lipinski definition) is 6. The van der Waals surface area contributed by atoms with E-state index in [1.54, 1.807) is 24.8 Å². The topological polar surface area (TPSA) is 88.2 Å². The Labute approximate surface area is 173 Å². The molecular formula is C22H22N4O4. The summed E-state index contributed by atoms with van der Waals surface area (Å²) < 4.78 is 15.2. The third-order valence-corrected chi connectivity index (χ3v) is 4.97. The molecule has 4 rings (SSSR count). The van der Waals surface area contributed by atoms with Crippen molar-refractivity contribution in [1.29, 1.82) is 0 Å². The minimum absolute atomic E-state index is 0.519. The van der Waals surface area contributed by atoms with Gasteiger partial charge in [-0.05, 0) is 25.0 Å². The molecule has 8 nitrogen and oxygen atoms in total. The van der Waals surface area contributed by atoms with Gasteiger partial charge in [0.05, 0.1) is 25.6 Å². The molecule has 0 amide bonds. The van der Waals surface area contributed by atoms with E-state index in [9.17, 15) is 9.59 Å². The Kier molecular flexibility index (Phi) is 5.47. The molecule has 0 aliphatic heterocycles. The molecule has 0 saturated heterocycles. The summed E-state index contributed by atoms with van der Waals surface area (Å²) in [5, 5.41) is 1.57. The standard InChI is InChI=1S/C22H22N4O4/c1-25-11-15(13-27)19-7-17(9-23-21(19)25)29-5-3-4-6-30-18-8-20-16(14-28)12-26(2)22(20)24-10-18/h7-14H,3-6H2,1-2H3. The van der Waals surface area contributed by atoms with Gasteiger partial charge < -0.3 is 18.6 Å². The van der Waals surface area contributed by atoms with Crippen LogP contribution in [0.1, 0.15) is 33.6 Å². The number of aldehydes is 2. The third kappa shape index (κ3) is 3.76. The second-order valence-corrected chi connectivity index (χ2v) is 7.11. The number of fused-ring (bicyclic) bond motifs is 2. The SMILES string of the molecule is Cn1cc(C=O)c2cc(OCCCCOc3cnc4c(c3)c(C=O)cn4C)cnc21. The highest BCUT2D eigenvalue weighted by atomic mass is 16.5. The van der Waals surface area contributed by atoms with Gasteiger partial charge in [-0.15, -0.1) is 0 Å². The summed E-state index contributed by atoms with van der Waals surface area (Å²) in [6.45, 7) is 1.04. The van der Waals surface area contributed by atoms with Crippen molar-refractivity contribution in [1.82, 2.24) is 19.1 Å². The van der Waals surface area contributed by atoms with Gasteiger partial charge in [0.25, 0.3) is 0 Å². The second kappa shape index (κ2) is 8.36. The van der Waals surface area contributed by atoms with Crippen LogP contribution >= 0.6 is 0 Å². The Hall–Kier alpha value is -3.68. The number of carbonyl (C=O) groups is 2. The molecule has 0 saturated carbocycles. The van der Waals surface area contributed by atoms with Gasteiger partial charge in [0.2, 0.25) is 0 Å². The lowest BCUT2D eigenvalue weighted by Crippen LogP contribution is -2.03. The van der Waals surface area contributed by atoms with Crippen molar-refractivity contribution < 1.29 is 19.1 Å². The molecule has 4 heterocycles. The zero-order chi connectivity index (χ0) is 21.1. The van der Waals surface area contributed by atoms with Crippen molar-refractivity contribution in [3.05, 3.63) is 48.0 Å². The Morgan fingerprint density at radius 2 is 1.23 bits per heavy atom. The average molecular weight is 406 g/mol. The van der Waals surface area contributed by atoms with E-state index in [-0.39, 0.29) is 0 Å². The molecule has 0 spiro atoms. The smallest absolute Gasteiger partial charge is 0.152 e. The Bertz CT molecular complexity index is 1130. The first kappa shape index (κ1) is 19.6. The number of aromatic nitrogens is 4. The lowest BCUT2D eigenvalue weighted by molar-refractivity contribution is 0.111. The summed E-state index contributed by atoms with van der Waals surface area (Å²) in [5.74, 6) is 1.27. The maximum Gasteiger partial charge on any atom is 0.152 e. The summed E-state index contributed by atoms with van der Waals surface area (Å²) in [6.07, 6.45) is 10.1. The number of carbonyl (C=O) groups excluding carboxylic acids is 2. The molecular weight excluding hydrogens is 384 g/mol. The van der Waals surface area contributed by atoms with Crippen LogP contribution in [0.15, 0.2) is 36.9 Å². The number of ether oxygens (including phenoxy) is 2. The summed E-state index contributed by atoms with van der Waals surface area (Å²) in [7, 11) is 3.71. The number of hydrogen-bond donors (Lipinski definition) is 0. The molecule has 0 radical (unpaired) electrons. The van der Waals surface area contributed by atoms with Crippen LogP contribution in [-0.2, 0) is 14.1 Å². The molecule has 0 bridgehead atoms. The predicted molar refractivity (Wildman–Crippen MR) is 112 cm³/mol. The third-order valence-electron chi connectivity index (χ3n) is 4.97.